The zero-order chi connectivity index (χ0) is 2.00. The normalized spacial score (nSPS) is 0.750. The van der Waals surface area contributed by atoms with Gasteiger partial charge in [0.25, 0.3) is 0 Å². The third kappa shape index (κ3) is 87.9. The average Bonchev–Trinajstić information content (AvgIpc) is 1.00. The number of halogens is 6. The number of hydrogen-bond acceptors (Lipinski definition) is 0. The third-order valence-corrected chi connectivity index (χ3v) is 0. The van der Waals surface area contributed by atoms with Crippen LogP contribution in [0.1, 0.15) is 0 Å². The van der Waals surface area contributed by atoms with E-state index in [4.69, 9.17) is 0 Å². The second kappa shape index (κ2) is 128. The summed E-state index contributed by atoms with van der Waals surface area (Å²) in [6, 6.07) is 0. The summed E-state index contributed by atoms with van der Waals surface area (Å²) in [6.07, 6.45) is 0. The Morgan fingerprint density at radius 2 is 0.625 bits per heavy atom. The van der Waals surface area contributed by atoms with Crippen LogP contribution < -0.4 is 0 Å². The SMILES string of the molecule is CF.Cl.Cl.Cl.Cl.Cl.[Sb]. The van der Waals surface area contributed by atoms with E-state index in [1.54, 1.807) is 0 Å². The van der Waals surface area contributed by atoms with Crippen LogP contribution in [0.5, 0.6) is 0 Å². The first-order valence-electron chi connectivity index (χ1n) is 0.378. The Balaban J connectivity index is -0.000000000333. The molecular weight excluding hydrogens is 330 g/mol. The minimum atomic E-state index is 0. The van der Waals surface area contributed by atoms with Crippen LogP contribution in [0, 0.1) is 0 Å². The molecule has 0 aliphatic heterocycles. The van der Waals surface area contributed by atoms with Crippen LogP contribution in [0.25, 0.3) is 0 Å². The molecule has 0 saturated carbocycles. The monoisotopic (exact) mass is 335 g/mol. The van der Waals surface area contributed by atoms with E-state index in [1.807, 2.05) is 0 Å². The molecule has 0 aromatic carbocycles. The molecule has 0 aromatic heterocycles. The molecular formula is CH8Cl5FSb. The summed E-state index contributed by atoms with van der Waals surface area (Å²) in [5, 5.41) is 0. The van der Waals surface area contributed by atoms with Gasteiger partial charge in [-0.3, -0.25) is 4.39 Å². The van der Waals surface area contributed by atoms with Gasteiger partial charge in [-0.25, -0.2) is 0 Å². The maximum atomic E-state index is 9.50. The van der Waals surface area contributed by atoms with Crippen molar-refractivity contribution in [2.24, 2.45) is 0 Å². The Kier molecular flexibility index (Phi) is 1350. The van der Waals surface area contributed by atoms with E-state index >= 15 is 0 Å². The van der Waals surface area contributed by atoms with Crippen LogP contribution in [0.3, 0.4) is 0 Å². The Hall–Kier alpha value is 2.20. The standard InChI is InChI=1S/CH3F.5ClH.Sb/c1-2;;;;;;/h1H3;5*1H;. The van der Waals surface area contributed by atoms with Gasteiger partial charge >= 0.3 is 0 Å². The summed E-state index contributed by atoms with van der Waals surface area (Å²) in [6.45, 7) is 0. The van der Waals surface area contributed by atoms with Gasteiger partial charge in [-0.05, 0) is 0 Å². The Labute approximate surface area is 97.2 Å². The molecule has 0 heterocycles. The first-order valence-corrected chi connectivity index (χ1v) is 0.378. The summed E-state index contributed by atoms with van der Waals surface area (Å²) in [5.41, 5.74) is 0. The summed E-state index contributed by atoms with van der Waals surface area (Å²) in [4.78, 5) is 0. The van der Waals surface area contributed by atoms with Crippen LogP contribution in [0.2, 0.25) is 0 Å². The van der Waals surface area contributed by atoms with Gasteiger partial charge in [0.2, 0.25) is 0 Å². The van der Waals surface area contributed by atoms with Crippen molar-refractivity contribution in [3.63, 3.8) is 0 Å². The summed E-state index contributed by atoms with van der Waals surface area (Å²) < 4.78 is 9.50. The molecule has 0 aliphatic carbocycles. The molecule has 0 nitrogen and oxygen atoms in total. The molecule has 0 aromatic rings. The molecule has 0 atom stereocenters. The summed E-state index contributed by atoms with van der Waals surface area (Å²) in [5.74, 6) is 0. The van der Waals surface area contributed by atoms with Gasteiger partial charge in [-0.1, -0.05) is 0 Å². The molecule has 8 heavy (non-hydrogen) atoms. The maximum absolute atomic E-state index is 9.50. The molecule has 0 rings (SSSR count). The average molecular weight is 338 g/mol. The fourth-order valence-electron chi connectivity index (χ4n) is 0. The van der Waals surface area contributed by atoms with Crippen molar-refractivity contribution in [3.05, 3.63) is 0 Å². The fourth-order valence-corrected chi connectivity index (χ4v) is 0. The van der Waals surface area contributed by atoms with Crippen molar-refractivity contribution >= 4 is 86.5 Å². The Morgan fingerprint density at radius 3 is 0.625 bits per heavy atom. The molecule has 7 heteroatoms. The number of alkyl halides is 1. The smallest absolute Gasteiger partial charge is 0.0785 e. The van der Waals surface area contributed by atoms with E-state index in [2.05, 4.69) is 0 Å². The molecule has 59 valence electrons. The van der Waals surface area contributed by atoms with E-state index in [-0.39, 0.29) is 86.5 Å². The quantitative estimate of drug-likeness (QED) is 0.595. The molecule has 3 radical (unpaired) electrons. The van der Waals surface area contributed by atoms with Crippen LogP contribution in [0.15, 0.2) is 0 Å². The second-order valence-corrected chi connectivity index (χ2v) is 0. The van der Waals surface area contributed by atoms with Crippen LogP contribution in [-0.2, 0) is 0 Å². The van der Waals surface area contributed by atoms with Gasteiger partial charge < -0.3 is 0 Å². The molecule has 0 fully saturated rings. The fraction of sp³-hybridized carbons (Fsp3) is 1.00. The van der Waals surface area contributed by atoms with E-state index in [0.29, 0.717) is 7.18 Å². The van der Waals surface area contributed by atoms with Crippen molar-refractivity contribution in [1.29, 1.82) is 0 Å². The Morgan fingerprint density at radius 1 is 0.625 bits per heavy atom. The molecule has 0 N–H and O–H groups in total. The number of rotatable bonds is 0. The zero-order valence-electron chi connectivity index (χ0n) is 3.87. The first-order chi connectivity index (χ1) is 1.00. The molecule has 0 saturated heterocycles. The minimum Gasteiger partial charge on any atom is -0.255 e. The summed E-state index contributed by atoms with van der Waals surface area (Å²) in [7, 11) is 0.500. The van der Waals surface area contributed by atoms with Crippen LogP contribution >= 0.6 is 62.0 Å². The van der Waals surface area contributed by atoms with Crippen molar-refractivity contribution < 1.29 is 4.39 Å². The minimum absolute atomic E-state index is 0. The van der Waals surface area contributed by atoms with Gasteiger partial charge in [-0.15, -0.1) is 62.0 Å². The van der Waals surface area contributed by atoms with Crippen molar-refractivity contribution in [2.75, 3.05) is 7.18 Å². The van der Waals surface area contributed by atoms with Crippen LogP contribution in [0.4, 0.5) is 4.39 Å². The molecule has 0 bridgehead atoms. The largest absolute Gasteiger partial charge is 0.255 e. The van der Waals surface area contributed by atoms with Gasteiger partial charge in [0.05, 0.1) is 7.18 Å². The molecule has 0 aliphatic rings. The van der Waals surface area contributed by atoms with Gasteiger partial charge in [0, 0.05) is 24.4 Å². The zero-order valence-corrected chi connectivity index (χ0v) is 10.5. The Bertz CT molecular complexity index is 12.4. The predicted octanol–water partition coefficient (Wildman–Crippen LogP) is 2.31. The first kappa shape index (κ1) is 84.4. The van der Waals surface area contributed by atoms with Gasteiger partial charge in [-0.2, -0.15) is 0 Å². The van der Waals surface area contributed by atoms with E-state index in [0.717, 1.165) is 0 Å². The summed E-state index contributed by atoms with van der Waals surface area (Å²) >= 11 is 0. The van der Waals surface area contributed by atoms with Crippen LogP contribution in [-0.4, -0.2) is 31.6 Å². The van der Waals surface area contributed by atoms with Gasteiger partial charge in [0.1, 0.15) is 0 Å². The predicted molar refractivity (Wildman–Crippen MR) is 49.0 cm³/mol. The topological polar surface area (TPSA) is 0 Å². The molecule has 0 unspecified atom stereocenters. The second-order valence-electron chi connectivity index (χ2n) is 0. The van der Waals surface area contributed by atoms with E-state index in [1.165, 1.54) is 0 Å². The maximum Gasteiger partial charge on any atom is 0.0785 e. The number of hydrogen-bond donors (Lipinski definition) is 0. The van der Waals surface area contributed by atoms with Crippen molar-refractivity contribution in [1.82, 2.24) is 0 Å². The molecule has 0 spiro atoms. The van der Waals surface area contributed by atoms with Gasteiger partial charge in [0.15, 0.2) is 0 Å². The third-order valence-electron chi connectivity index (χ3n) is 0. The molecule has 0 amide bonds. The van der Waals surface area contributed by atoms with Crippen molar-refractivity contribution in [2.45, 2.75) is 0 Å². The van der Waals surface area contributed by atoms with Crippen molar-refractivity contribution in [3.8, 4) is 0 Å². The van der Waals surface area contributed by atoms with E-state index in [9.17, 15) is 4.39 Å². The van der Waals surface area contributed by atoms with E-state index < -0.39 is 0 Å².